The fourth-order valence-corrected chi connectivity index (χ4v) is 2.28. The molecule has 0 spiro atoms. The van der Waals surface area contributed by atoms with E-state index in [1.165, 1.54) is 0 Å². The standard InChI is InChI=1S/C17H19ClO3/c1-3-12-9-15(7-8-16(12)18)21-11-17(19)13-5-4-6-14(10-13)20-2/h4-10,17,19H,3,11H2,1-2H3. The number of hydrogen-bond donors (Lipinski definition) is 1. The van der Waals surface area contributed by atoms with Crippen molar-refractivity contribution in [2.24, 2.45) is 0 Å². The van der Waals surface area contributed by atoms with Gasteiger partial charge in [0.25, 0.3) is 0 Å². The van der Waals surface area contributed by atoms with E-state index in [0.717, 1.165) is 22.6 Å². The molecule has 2 rings (SSSR count). The van der Waals surface area contributed by atoms with Crippen LogP contribution in [0.2, 0.25) is 5.02 Å². The first-order valence-corrected chi connectivity index (χ1v) is 7.25. The summed E-state index contributed by atoms with van der Waals surface area (Å²) in [5.41, 5.74) is 1.80. The van der Waals surface area contributed by atoms with Crippen molar-refractivity contribution in [3.8, 4) is 11.5 Å². The smallest absolute Gasteiger partial charge is 0.119 e. The summed E-state index contributed by atoms with van der Waals surface area (Å²) in [6, 6.07) is 12.8. The summed E-state index contributed by atoms with van der Waals surface area (Å²) in [5, 5.41) is 10.9. The Morgan fingerprint density at radius 2 is 1.95 bits per heavy atom. The van der Waals surface area contributed by atoms with E-state index in [0.29, 0.717) is 11.5 Å². The van der Waals surface area contributed by atoms with E-state index in [9.17, 15) is 5.11 Å². The van der Waals surface area contributed by atoms with E-state index < -0.39 is 6.10 Å². The number of aliphatic hydroxyl groups excluding tert-OH is 1. The Morgan fingerprint density at radius 1 is 1.14 bits per heavy atom. The van der Waals surface area contributed by atoms with Gasteiger partial charge in [0.1, 0.15) is 24.2 Å². The fraction of sp³-hybridized carbons (Fsp3) is 0.294. The fourth-order valence-electron chi connectivity index (χ4n) is 2.03. The van der Waals surface area contributed by atoms with Gasteiger partial charge in [-0.1, -0.05) is 30.7 Å². The summed E-state index contributed by atoms with van der Waals surface area (Å²) in [5.74, 6) is 1.42. The van der Waals surface area contributed by atoms with Gasteiger partial charge in [0.2, 0.25) is 0 Å². The Morgan fingerprint density at radius 3 is 2.67 bits per heavy atom. The van der Waals surface area contributed by atoms with Crippen LogP contribution in [0.4, 0.5) is 0 Å². The van der Waals surface area contributed by atoms with Crippen molar-refractivity contribution < 1.29 is 14.6 Å². The van der Waals surface area contributed by atoms with Crippen LogP contribution in [0.5, 0.6) is 11.5 Å². The van der Waals surface area contributed by atoms with Crippen molar-refractivity contribution in [2.45, 2.75) is 19.4 Å². The maximum absolute atomic E-state index is 10.2. The van der Waals surface area contributed by atoms with Crippen LogP contribution in [0.3, 0.4) is 0 Å². The predicted molar refractivity (Wildman–Crippen MR) is 84.3 cm³/mol. The van der Waals surface area contributed by atoms with Crippen LogP contribution in [0, 0.1) is 0 Å². The topological polar surface area (TPSA) is 38.7 Å². The molecule has 21 heavy (non-hydrogen) atoms. The molecular formula is C17H19ClO3. The third kappa shape index (κ3) is 4.13. The minimum Gasteiger partial charge on any atom is -0.497 e. The van der Waals surface area contributed by atoms with Gasteiger partial charge in [0.05, 0.1) is 7.11 Å². The van der Waals surface area contributed by atoms with Crippen LogP contribution < -0.4 is 9.47 Å². The number of ether oxygens (including phenoxy) is 2. The zero-order valence-corrected chi connectivity index (χ0v) is 12.9. The van der Waals surface area contributed by atoms with Crippen LogP contribution in [-0.4, -0.2) is 18.8 Å². The Bertz CT molecular complexity index is 598. The summed E-state index contributed by atoms with van der Waals surface area (Å²) in [6.45, 7) is 2.22. The van der Waals surface area contributed by atoms with Gasteiger partial charge in [-0.2, -0.15) is 0 Å². The highest BCUT2D eigenvalue weighted by Crippen LogP contribution is 2.24. The monoisotopic (exact) mass is 306 g/mol. The number of benzene rings is 2. The van der Waals surface area contributed by atoms with Crippen LogP contribution in [-0.2, 0) is 6.42 Å². The van der Waals surface area contributed by atoms with Crippen LogP contribution >= 0.6 is 11.6 Å². The molecule has 0 saturated carbocycles. The number of aryl methyl sites for hydroxylation is 1. The van der Waals surface area contributed by atoms with Gasteiger partial charge >= 0.3 is 0 Å². The van der Waals surface area contributed by atoms with Crippen molar-refractivity contribution in [2.75, 3.05) is 13.7 Å². The molecule has 0 amide bonds. The van der Waals surface area contributed by atoms with Crippen molar-refractivity contribution in [3.63, 3.8) is 0 Å². The Kier molecular flexibility index (Phi) is 5.48. The molecule has 1 unspecified atom stereocenters. The molecule has 0 saturated heterocycles. The molecule has 0 aromatic heterocycles. The first-order valence-electron chi connectivity index (χ1n) is 6.87. The molecular weight excluding hydrogens is 288 g/mol. The molecule has 112 valence electrons. The van der Waals surface area contributed by atoms with Gasteiger partial charge in [0.15, 0.2) is 0 Å². The first-order chi connectivity index (χ1) is 10.1. The van der Waals surface area contributed by atoms with Gasteiger partial charge in [-0.3, -0.25) is 0 Å². The van der Waals surface area contributed by atoms with Crippen LogP contribution in [0.25, 0.3) is 0 Å². The summed E-state index contributed by atoms with van der Waals surface area (Å²) >= 11 is 6.07. The second kappa shape index (κ2) is 7.34. The van der Waals surface area contributed by atoms with E-state index in [-0.39, 0.29) is 6.61 Å². The highest BCUT2D eigenvalue weighted by Gasteiger charge is 2.10. The SMILES string of the molecule is CCc1cc(OCC(O)c2cccc(OC)c2)ccc1Cl. The lowest BCUT2D eigenvalue weighted by molar-refractivity contribution is 0.108. The summed E-state index contributed by atoms with van der Waals surface area (Å²) in [6.07, 6.45) is 0.134. The molecule has 3 nitrogen and oxygen atoms in total. The van der Waals surface area contributed by atoms with Gasteiger partial charge in [-0.15, -0.1) is 0 Å². The third-order valence-corrected chi connectivity index (χ3v) is 3.65. The normalized spacial score (nSPS) is 12.0. The summed E-state index contributed by atoms with van der Waals surface area (Å²) in [7, 11) is 1.60. The quantitative estimate of drug-likeness (QED) is 0.876. The van der Waals surface area contributed by atoms with Gasteiger partial charge in [-0.05, 0) is 47.9 Å². The van der Waals surface area contributed by atoms with Crippen molar-refractivity contribution in [3.05, 3.63) is 58.6 Å². The molecule has 0 aliphatic heterocycles. The molecule has 1 atom stereocenters. The highest BCUT2D eigenvalue weighted by atomic mass is 35.5. The molecule has 0 bridgehead atoms. The molecule has 0 aliphatic carbocycles. The molecule has 4 heteroatoms. The average Bonchev–Trinajstić information content (AvgIpc) is 2.53. The lowest BCUT2D eigenvalue weighted by Crippen LogP contribution is -2.10. The Labute approximate surface area is 130 Å². The minimum atomic E-state index is -0.708. The molecule has 0 aliphatic rings. The van der Waals surface area contributed by atoms with Crippen molar-refractivity contribution >= 4 is 11.6 Å². The Balaban J connectivity index is 2.01. The van der Waals surface area contributed by atoms with E-state index in [1.807, 2.05) is 37.3 Å². The van der Waals surface area contributed by atoms with Crippen molar-refractivity contribution in [1.29, 1.82) is 0 Å². The number of rotatable bonds is 6. The average molecular weight is 307 g/mol. The minimum absolute atomic E-state index is 0.179. The lowest BCUT2D eigenvalue weighted by atomic mass is 10.1. The Hall–Kier alpha value is -1.71. The first kappa shape index (κ1) is 15.7. The number of hydrogen-bond acceptors (Lipinski definition) is 3. The van der Waals surface area contributed by atoms with E-state index in [2.05, 4.69) is 0 Å². The number of methoxy groups -OCH3 is 1. The largest absolute Gasteiger partial charge is 0.497 e. The maximum Gasteiger partial charge on any atom is 0.119 e. The van der Waals surface area contributed by atoms with E-state index in [4.69, 9.17) is 21.1 Å². The molecule has 0 heterocycles. The predicted octanol–water partition coefficient (Wildman–Crippen LogP) is 4.02. The summed E-state index contributed by atoms with van der Waals surface area (Å²) < 4.78 is 10.8. The third-order valence-electron chi connectivity index (χ3n) is 3.28. The number of aliphatic hydroxyl groups is 1. The zero-order valence-electron chi connectivity index (χ0n) is 12.2. The van der Waals surface area contributed by atoms with Gasteiger partial charge in [0, 0.05) is 5.02 Å². The van der Waals surface area contributed by atoms with Gasteiger partial charge in [-0.25, -0.2) is 0 Å². The molecule has 1 N–H and O–H groups in total. The molecule has 0 radical (unpaired) electrons. The molecule has 0 fully saturated rings. The highest BCUT2D eigenvalue weighted by molar-refractivity contribution is 6.31. The van der Waals surface area contributed by atoms with Crippen molar-refractivity contribution in [1.82, 2.24) is 0 Å². The second-order valence-electron chi connectivity index (χ2n) is 4.71. The zero-order chi connectivity index (χ0) is 15.2. The number of halogens is 1. The van der Waals surface area contributed by atoms with Crippen LogP contribution in [0.1, 0.15) is 24.2 Å². The van der Waals surface area contributed by atoms with E-state index >= 15 is 0 Å². The van der Waals surface area contributed by atoms with Crippen LogP contribution in [0.15, 0.2) is 42.5 Å². The van der Waals surface area contributed by atoms with Gasteiger partial charge < -0.3 is 14.6 Å². The summed E-state index contributed by atoms with van der Waals surface area (Å²) in [4.78, 5) is 0. The second-order valence-corrected chi connectivity index (χ2v) is 5.12. The molecule has 2 aromatic rings. The lowest BCUT2D eigenvalue weighted by Gasteiger charge is -2.14. The molecule has 2 aromatic carbocycles. The van der Waals surface area contributed by atoms with E-state index in [1.54, 1.807) is 19.2 Å². The maximum atomic E-state index is 10.2.